The van der Waals surface area contributed by atoms with Gasteiger partial charge >= 0.3 is 0 Å². The van der Waals surface area contributed by atoms with Gasteiger partial charge < -0.3 is 4.74 Å². The quantitative estimate of drug-likeness (QED) is 0.793. The molecule has 2 aromatic carbocycles. The van der Waals surface area contributed by atoms with Crippen molar-refractivity contribution in [2.75, 3.05) is 0 Å². The maximum absolute atomic E-state index is 11.3. The first-order valence-corrected chi connectivity index (χ1v) is 6.38. The van der Waals surface area contributed by atoms with Crippen molar-refractivity contribution in [3.63, 3.8) is 0 Å². The number of benzene rings is 2. The van der Waals surface area contributed by atoms with Crippen LogP contribution in [-0.4, -0.2) is 5.78 Å². The summed E-state index contributed by atoms with van der Waals surface area (Å²) in [7, 11) is 0. The fourth-order valence-corrected chi connectivity index (χ4v) is 2.26. The van der Waals surface area contributed by atoms with Gasteiger partial charge in [-0.1, -0.05) is 12.1 Å². The van der Waals surface area contributed by atoms with Gasteiger partial charge in [0, 0.05) is 10.0 Å². The molecule has 0 heterocycles. The zero-order valence-corrected chi connectivity index (χ0v) is 11.8. The molecule has 0 unspecified atom stereocenters. The molecule has 2 aromatic rings. The van der Waals surface area contributed by atoms with Gasteiger partial charge in [0.1, 0.15) is 17.6 Å². The monoisotopic (exact) mass is 315 g/mol. The van der Waals surface area contributed by atoms with Crippen LogP contribution >= 0.6 is 15.9 Å². The average molecular weight is 316 g/mol. The molecule has 0 aromatic heterocycles. The van der Waals surface area contributed by atoms with Crippen LogP contribution in [0.4, 0.5) is 0 Å². The zero-order valence-electron chi connectivity index (χ0n) is 10.2. The van der Waals surface area contributed by atoms with E-state index < -0.39 is 0 Å². The van der Waals surface area contributed by atoms with E-state index in [1.54, 1.807) is 42.5 Å². The molecule has 2 rings (SSSR count). The van der Waals surface area contributed by atoms with Gasteiger partial charge in [-0.2, -0.15) is 5.26 Å². The topological polar surface area (TPSA) is 50.1 Å². The largest absolute Gasteiger partial charge is 0.456 e. The number of hydrogen-bond acceptors (Lipinski definition) is 3. The van der Waals surface area contributed by atoms with Crippen LogP contribution in [0.3, 0.4) is 0 Å². The summed E-state index contributed by atoms with van der Waals surface area (Å²) >= 11 is 3.33. The van der Waals surface area contributed by atoms with Crippen LogP contribution in [0.25, 0.3) is 0 Å². The Labute approximate surface area is 119 Å². The summed E-state index contributed by atoms with van der Waals surface area (Å²) < 4.78 is 6.33. The minimum Gasteiger partial charge on any atom is -0.456 e. The van der Waals surface area contributed by atoms with E-state index in [0.29, 0.717) is 27.1 Å². The van der Waals surface area contributed by atoms with Gasteiger partial charge in [0.25, 0.3) is 0 Å². The predicted molar refractivity (Wildman–Crippen MR) is 75.4 cm³/mol. The summed E-state index contributed by atoms with van der Waals surface area (Å²) in [4.78, 5) is 11.3. The highest BCUT2D eigenvalue weighted by atomic mass is 79.9. The molecule has 4 heteroatoms. The Hall–Kier alpha value is -2.12. The van der Waals surface area contributed by atoms with Crippen LogP contribution in [-0.2, 0) is 0 Å². The van der Waals surface area contributed by atoms with Crippen molar-refractivity contribution in [3.05, 3.63) is 58.1 Å². The van der Waals surface area contributed by atoms with E-state index in [0.717, 1.165) is 0 Å². The summed E-state index contributed by atoms with van der Waals surface area (Å²) in [5.41, 5.74) is 1.06. The lowest BCUT2D eigenvalue weighted by Crippen LogP contribution is -1.94. The first kappa shape index (κ1) is 13.3. The lowest BCUT2D eigenvalue weighted by molar-refractivity contribution is 0.101. The van der Waals surface area contributed by atoms with Gasteiger partial charge in [0.05, 0.1) is 5.56 Å². The molecule has 0 aliphatic carbocycles. The van der Waals surface area contributed by atoms with Crippen molar-refractivity contribution >= 4 is 21.7 Å². The molecule has 19 heavy (non-hydrogen) atoms. The van der Waals surface area contributed by atoms with E-state index in [-0.39, 0.29) is 5.78 Å². The summed E-state index contributed by atoms with van der Waals surface area (Å²) in [5, 5.41) is 8.98. The van der Waals surface area contributed by atoms with Gasteiger partial charge in [-0.3, -0.25) is 4.79 Å². The van der Waals surface area contributed by atoms with Crippen molar-refractivity contribution in [1.82, 2.24) is 0 Å². The van der Waals surface area contributed by atoms with Crippen LogP contribution in [0.5, 0.6) is 11.5 Å². The molecule has 0 bridgehead atoms. The Morgan fingerprint density at radius 1 is 1.26 bits per heavy atom. The normalized spacial score (nSPS) is 9.74. The molecule has 0 spiro atoms. The third-order valence-corrected chi connectivity index (χ3v) is 3.21. The fraction of sp³-hybridized carbons (Fsp3) is 0.0667. The maximum atomic E-state index is 11.3. The predicted octanol–water partition coefficient (Wildman–Crippen LogP) is 4.32. The third-order valence-electron chi connectivity index (χ3n) is 2.56. The van der Waals surface area contributed by atoms with Crippen molar-refractivity contribution in [2.45, 2.75) is 6.92 Å². The molecular formula is C15H10BrNO2. The van der Waals surface area contributed by atoms with Gasteiger partial charge in [-0.05, 0) is 53.2 Å². The van der Waals surface area contributed by atoms with Crippen molar-refractivity contribution in [2.24, 2.45) is 0 Å². The number of para-hydroxylation sites is 1. The van der Waals surface area contributed by atoms with Crippen LogP contribution < -0.4 is 4.74 Å². The minimum atomic E-state index is -0.0177. The summed E-state index contributed by atoms with van der Waals surface area (Å²) in [6, 6.07) is 14.2. The summed E-state index contributed by atoms with van der Waals surface area (Å²) in [6.45, 7) is 1.51. The Kier molecular flexibility index (Phi) is 3.98. The van der Waals surface area contributed by atoms with Gasteiger partial charge in [-0.25, -0.2) is 0 Å². The molecule has 0 saturated carbocycles. The molecule has 0 amide bonds. The van der Waals surface area contributed by atoms with E-state index in [2.05, 4.69) is 22.0 Å². The lowest BCUT2D eigenvalue weighted by atomic mass is 10.1. The van der Waals surface area contributed by atoms with Crippen LogP contribution in [0, 0.1) is 11.3 Å². The van der Waals surface area contributed by atoms with Crippen molar-refractivity contribution < 1.29 is 9.53 Å². The van der Waals surface area contributed by atoms with Crippen LogP contribution in [0.2, 0.25) is 0 Å². The van der Waals surface area contributed by atoms with E-state index in [1.165, 1.54) is 6.92 Å². The second-order valence-electron chi connectivity index (χ2n) is 3.91. The number of Topliss-reactive ketones (excluding diaryl/α,β-unsaturated/α-hetero) is 1. The molecule has 0 atom stereocenters. The number of hydrogen-bond donors (Lipinski definition) is 0. The number of halogens is 1. The van der Waals surface area contributed by atoms with Gasteiger partial charge in [0.15, 0.2) is 5.78 Å². The van der Waals surface area contributed by atoms with Crippen molar-refractivity contribution in [1.29, 1.82) is 5.26 Å². The molecule has 94 valence electrons. The van der Waals surface area contributed by atoms with Crippen LogP contribution in [0.15, 0.2) is 46.9 Å². The Morgan fingerprint density at radius 3 is 2.63 bits per heavy atom. The number of nitrogens with zero attached hydrogens (tertiary/aromatic N) is 1. The lowest BCUT2D eigenvalue weighted by Gasteiger charge is -2.08. The molecule has 0 aliphatic heterocycles. The van der Waals surface area contributed by atoms with E-state index >= 15 is 0 Å². The number of carbonyl (C=O) groups excluding carboxylic acids is 1. The third kappa shape index (κ3) is 3.01. The molecule has 0 N–H and O–H groups in total. The van der Waals surface area contributed by atoms with E-state index in [4.69, 9.17) is 10.00 Å². The standard InChI is InChI=1S/C15H10BrNO2/c1-10(18)13-7-6-12(8-14(13)16)19-15-5-3-2-4-11(15)9-17/h2-8H,1H3. The number of rotatable bonds is 3. The van der Waals surface area contributed by atoms with Gasteiger partial charge in [-0.15, -0.1) is 0 Å². The highest BCUT2D eigenvalue weighted by Gasteiger charge is 2.08. The second kappa shape index (κ2) is 5.68. The van der Waals surface area contributed by atoms with E-state index in [1.807, 2.05) is 0 Å². The Morgan fingerprint density at radius 2 is 2.00 bits per heavy atom. The fourth-order valence-electron chi connectivity index (χ4n) is 1.62. The second-order valence-corrected chi connectivity index (χ2v) is 4.76. The average Bonchev–Trinajstić information content (AvgIpc) is 2.39. The zero-order chi connectivity index (χ0) is 13.8. The molecule has 0 radical (unpaired) electrons. The number of carbonyl (C=O) groups is 1. The SMILES string of the molecule is CC(=O)c1ccc(Oc2ccccc2C#N)cc1Br. The summed E-state index contributed by atoms with van der Waals surface area (Å²) in [5.74, 6) is 1.04. The van der Waals surface area contributed by atoms with E-state index in [9.17, 15) is 4.79 Å². The number of ether oxygens (including phenoxy) is 1. The first-order chi connectivity index (χ1) is 9.11. The highest BCUT2D eigenvalue weighted by Crippen LogP contribution is 2.29. The van der Waals surface area contributed by atoms with Gasteiger partial charge in [0.2, 0.25) is 0 Å². The minimum absolute atomic E-state index is 0.0177. The molecule has 0 saturated heterocycles. The summed E-state index contributed by atoms with van der Waals surface area (Å²) in [6.07, 6.45) is 0. The maximum Gasteiger partial charge on any atom is 0.160 e. The Balaban J connectivity index is 2.32. The molecule has 0 aliphatic rings. The Bertz CT molecular complexity index is 674. The smallest absolute Gasteiger partial charge is 0.160 e. The first-order valence-electron chi connectivity index (χ1n) is 5.59. The number of ketones is 1. The number of nitriles is 1. The van der Waals surface area contributed by atoms with Crippen molar-refractivity contribution in [3.8, 4) is 17.6 Å². The molecule has 3 nitrogen and oxygen atoms in total. The molecular weight excluding hydrogens is 306 g/mol. The van der Waals surface area contributed by atoms with Crippen LogP contribution in [0.1, 0.15) is 22.8 Å². The molecule has 0 fully saturated rings. The highest BCUT2D eigenvalue weighted by molar-refractivity contribution is 9.10.